The zero-order chi connectivity index (χ0) is 17.2. The molecule has 0 spiro atoms. The minimum atomic E-state index is -4.08. The monoisotopic (exact) mass is 338 g/mol. The summed E-state index contributed by atoms with van der Waals surface area (Å²) in [6.07, 6.45) is 3.08. The van der Waals surface area contributed by atoms with Gasteiger partial charge in [-0.2, -0.15) is 13.2 Å². The summed E-state index contributed by atoms with van der Waals surface area (Å²) in [5, 5.41) is 3.25. The Morgan fingerprint density at radius 1 is 1.25 bits per heavy atom. The zero-order valence-electron chi connectivity index (χ0n) is 13.6. The lowest BCUT2D eigenvalue weighted by molar-refractivity contribution is -0.183. The second kappa shape index (κ2) is 6.93. The summed E-state index contributed by atoms with van der Waals surface area (Å²) in [6, 6.07) is 3.75. The fourth-order valence-corrected chi connectivity index (χ4v) is 3.22. The number of imidazole rings is 1. The predicted molar refractivity (Wildman–Crippen MR) is 84.7 cm³/mol. The maximum atomic E-state index is 12.8. The molecule has 1 saturated carbocycles. The lowest BCUT2D eigenvalue weighted by Gasteiger charge is -2.31. The van der Waals surface area contributed by atoms with E-state index in [4.69, 9.17) is 0 Å². The molecule has 4 nitrogen and oxygen atoms in total. The van der Waals surface area contributed by atoms with Crippen molar-refractivity contribution in [1.29, 1.82) is 0 Å². The molecule has 0 amide bonds. The van der Waals surface area contributed by atoms with Crippen LogP contribution in [0.1, 0.15) is 37.1 Å². The number of hydrogen-bond donors (Lipinski definition) is 1. The van der Waals surface area contributed by atoms with Gasteiger partial charge in [0.15, 0.2) is 0 Å². The summed E-state index contributed by atoms with van der Waals surface area (Å²) < 4.78 is 40.4. The van der Waals surface area contributed by atoms with E-state index in [9.17, 15) is 13.2 Å². The molecule has 1 aliphatic rings. The third-order valence-corrected chi connectivity index (χ3v) is 4.61. The standard InChI is InChI=1S/C17H21F3N4/c1-12-21-7-8-24(12)16-6-5-13(11-23-16)10-22-15-4-2-3-14(9-15)17(18,19)20/h5-8,11,14-15,22H,2-4,9-10H2,1H3. The molecule has 24 heavy (non-hydrogen) atoms. The van der Waals surface area contributed by atoms with Crippen molar-refractivity contribution in [2.45, 2.75) is 51.4 Å². The topological polar surface area (TPSA) is 42.7 Å². The number of aromatic nitrogens is 3. The van der Waals surface area contributed by atoms with Gasteiger partial charge in [0.25, 0.3) is 0 Å². The van der Waals surface area contributed by atoms with Crippen LogP contribution in [0.15, 0.2) is 30.7 Å². The van der Waals surface area contributed by atoms with Gasteiger partial charge in [-0.15, -0.1) is 0 Å². The Kier molecular flexibility index (Phi) is 4.89. The van der Waals surface area contributed by atoms with E-state index in [0.29, 0.717) is 13.0 Å². The average Bonchev–Trinajstić information content (AvgIpc) is 2.99. The van der Waals surface area contributed by atoms with Crippen LogP contribution in [-0.2, 0) is 6.54 Å². The van der Waals surface area contributed by atoms with Gasteiger partial charge >= 0.3 is 6.18 Å². The minimum Gasteiger partial charge on any atom is -0.310 e. The Bertz CT molecular complexity index is 663. The molecule has 2 aromatic heterocycles. The summed E-state index contributed by atoms with van der Waals surface area (Å²) >= 11 is 0. The lowest BCUT2D eigenvalue weighted by Crippen LogP contribution is -2.38. The van der Waals surface area contributed by atoms with Crippen LogP contribution in [0.25, 0.3) is 5.82 Å². The third-order valence-electron chi connectivity index (χ3n) is 4.61. The number of nitrogens with zero attached hydrogens (tertiary/aromatic N) is 3. The molecule has 1 N–H and O–H groups in total. The van der Waals surface area contributed by atoms with Crippen molar-refractivity contribution in [2.24, 2.45) is 5.92 Å². The number of hydrogen-bond acceptors (Lipinski definition) is 3. The molecular formula is C17H21F3N4. The van der Waals surface area contributed by atoms with Crippen molar-refractivity contribution in [1.82, 2.24) is 19.9 Å². The first-order valence-electron chi connectivity index (χ1n) is 8.19. The van der Waals surface area contributed by atoms with E-state index in [1.807, 2.05) is 29.8 Å². The summed E-state index contributed by atoms with van der Waals surface area (Å²) in [6.45, 7) is 2.43. The number of aryl methyl sites for hydroxylation is 1. The first kappa shape index (κ1) is 17.0. The second-order valence-corrected chi connectivity index (χ2v) is 6.35. The second-order valence-electron chi connectivity index (χ2n) is 6.35. The maximum absolute atomic E-state index is 12.8. The van der Waals surface area contributed by atoms with Crippen LogP contribution in [0.4, 0.5) is 13.2 Å². The van der Waals surface area contributed by atoms with Crippen LogP contribution in [0, 0.1) is 12.8 Å². The Labute approximate surface area is 139 Å². The van der Waals surface area contributed by atoms with Crippen molar-refractivity contribution in [3.05, 3.63) is 42.1 Å². The molecular weight excluding hydrogens is 317 g/mol. The van der Waals surface area contributed by atoms with Gasteiger partial charge in [-0.25, -0.2) is 9.97 Å². The summed E-state index contributed by atoms with van der Waals surface area (Å²) in [5.41, 5.74) is 0.964. The Hall–Kier alpha value is -1.89. The predicted octanol–water partition coefficient (Wildman–Crippen LogP) is 3.79. The molecule has 2 heterocycles. The van der Waals surface area contributed by atoms with E-state index < -0.39 is 12.1 Å². The first-order valence-corrected chi connectivity index (χ1v) is 8.19. The fourth-order valence-electron chi connectivity index (χ4n) is 3.22. The molecule has 0 aromatic carbocycles. The number of nitrogens with one attached hydrogen (secondary N) is 1. The smallest absolute Gasteiger partial charge is 0.310 e. The van der Waals surface area contributed by atoms with E-state index in [-0.39, 0.29) is 18.9 Å². The van der Waals surface area contributed by atoms with Gasteiger partial charge in [-0.05, 0) is 37.8 Å². The highest BCUT2D eigenvalue weighted by molar-refractivity contribution is 5.27. The van der Waals surface area contributed by atoms with Gasteiger partial charge in [0.2, 0.25) is 0 Å². The molecule has 7 heteroatoms. The van der Waals surface area contributed by atoms with Crippen LogP contribution in [0.5, 0.6) is 0 Å². The number of rotatable bonds is 4. The van der Waals surface area contributed by atoms with Gasteiger partial charge < -0.3 is 5.32 Å². The molecule has 2 unspecified atom stereocenters. The SMILES string of the molecule is Cc1nccn1-c1ccc(CNC2CCCC(C(F)(F)F)C2)cn1. The Morgan fingerprint density at radius 2 is 2.08 bits per heavy atom. The van der Waals surface area contributed by atoms with E-state index in [1.165, 1.54) is 0 Å². The number of pyridine rings is 1. The Morgan fingerprint density at radius 3 is 2.71 bits per heavy atom. The molecule has 0 bridgehead atoms. The molecule has 1 fully saturated rings. The minimum absolute atomic E-state index is 0.0825. The number of halogens is 3. The largest absolute Gasteiger partial charge is 0.391 e. The van der Waals surface area contributed by atoms with Gasteiger partial charge in [-0.1, -0.05) is 12.5 Å². The van der Waals surface area contributed by atoms with Crippen LogP contribution < -0.4 is 5.32 Å². The normalized spacial score (nSPS) is 21.8. The van der Waals surface area contributed by atoms with Crippen molar-refractivity contribution in [3.8, 4) is 5.82 Å². The van der Waals surface area contributed by atoms with Crippen molar-refractivity contribution >= 4 is 0 Å². The summed E-state index contributed by atoms with van der Waals surface area (Å²) in [5.74, 6) is 0.464. The maximum Gasteiger partial charge on any atom is 0.391 e. The van der Waals surface area contributed by atoms with Crippen LogP contribution in [0.2, 0.25) is 0 Å². The average molecular weight is 338 g/mol. The summed E-state index contributed by atoms with van der Waals surface area (Å²) in [4.78, 5) is 8.56. The van der Waals surface area contributed by atoms with E-state index in [1.54, 1.807) is 12.4 Å². The van der Waals surface area contributed by atoms with E-state index in [0.717, 1.165) is 23.6 Å². The van der Waals surface area contributed by atoms with Gasteiger partial charge in [0, 0.05) is 31.2 Å². The molecule has 1 aliphatic carbocycles. The molecule has 0 aliphatic heterocycles. The molecule has 130 valence electrons. The highest BCUT2D eigenvalue weighted by Gasteiger charge is 2.41. The highest BCUT2D eigenvalue weighted by Crippen LogP contribution is 2.37. The van der Waals surface area contributed by atoms with Gasteiger partial charge in [0.05, 0.1) is 5.92 Å². The molecule has 0 radical (unpaired) electrons. The van der Waals surface area contributed by atoms with Gasteiger partial charge in [0.1, 0.15) is 11.6 Å². The first-order chi connectivity index (χ1) is 11.4. The van der Waals surface area contributed by atoms with Crippen molar-refractivity contribution < 1.29 is 13.2 Å². The molecule has 0 saturated heterocycles. The molecule has 2 aromatic rings. The van der Waals surface area contributed by atoms with Crippen LogP contribution in [-0.4, -0.2) is 26.8 Å². The molecule has 2 atom stereocenters. The quantitative estimate of drug-likeness (QED) is 0.922. The van der Waals surface area contributed by atoms with Crippen molar-refractivity contribution in [3.63, 3.8) is 0 Å². The zero-order valence-corrected chi connectivity index (χ0v) is 13.6. The summed E-state index contributed by atoms with van der Waals surface area (Å²) in [7, 11) is 0. The highest BCUT2D eigenvalue weighted by atomic mass is 19.4. The van der Waals surface area contributed by atoms with E-state index >= 15 is 0 Å². The third kappa shape index (κ3) is 3.95. The fraction of sp³-hybridized carbons (Fsp3) is 0.529. The van der Waals surface area contributed by atoms with Crippen LogP contribution >= 0.6 is 0 Å². The Balaban J connectivity index is 1.56. The number of alkyl halides is 3. The van der Waals surface area contributed by atoms with Gasteiger partial charge in [-0.3, -0.25) is 4.57 Å². The van der Waals surface area contributed by atoms with Crippen LogP contribution in [0.3, 0.4) is 0 Å². The van der Waals surface area contributed by atoms with E-state index in [2.05, 4.69) is 15.3 Å². The molecule has 3 rings (SSSR count). The lowest BCUT2D eigenvalue weighted by atomic mass is 9.85. The van der Waals surface area contributed by atoms with Crippen molar-refractivity contribution in [2.75, 3.05) is 0 Å².